The molecule has 0 radical (unpaired) electrons. The minimum absolute atomic E-state index is 0.494. The SMILES string of the molecule is COCCOCCCC(CN)Cc1cccc(OC)c1. The molecule has 4 heteroatoms. The van der Waals surface area contributed by atoms with Crippen LogP contribution >= 0.6 is 0 Å². The van der Waals surface area contributed by atoms with Crippen molar-refractivity contribution in [2.24, 2.45) is 11.7 Å². The van der Waals surface area contributed by atoms with Crippen LogP contribution in [0, 0.1) is 5.92 Å². The Hall–Kier alpha value is -1.10. The van der Waals surface area contributed by atoms with Gasteiger partial charge in [-0.1, -0.05) is 12.1 Å². The summed E-state index contributed by atoms with van der Waals surface area (Å²) < 4.78 is 15.6. The molecule has 0 saturated carbocycles. The molecule has 20 heavy (non-hydrogen) atoms. The van der Waals surface area contributed by atoms with Gasteiger partial charge in [-0.3, -0.25) is 0 Å². The lowest BCUT2D eigenvalue weighted by Gasteiger charge is -2.15. The fourth-order valence-corrected chi connectivity index (χ4v) is 2.15. The van der Waals surface area contributed by atoms with E-state index in [0.29, 0.717) is 25.7 Å². The van der Waals surface area contributed by atoms with Crippen molar-refractivity contribution in [1.29, 1.82) is 0 Å². The average Bonchev–Trinajstić information content (AvgIpc) is 2.49. The molecule has 0 aliphatic rings. The third-order valence-corrected chi connectivity index (χ3v) is 3.32. The minimum Gasteiger partial charge on any atom is -0.497 e. The van der Waals surface area contributed by atoms with E-state index in [1.54, 1.807) is 14.2 Å². The van der Waals surface area contributed by atoms with Gasteiger partial charge in [0.05, 0.1) is 20.3 Å². The second-order valence-corrected chi connectivity index (χ2v) is 4.90. The lowest BCUT2D eigenvalue weighted by molar-refractivity contribution is 0.0673. The van der Waals surface area contributed by atoms with Crippen molar-refractivity contribution < 1.29 is 14.2 Å². The Morgan fingerprint density at radius 1 is 1.15 bits per heavy atom. The standard InChI is InChI=1S/C16H27NO3/c1-18-9-10-20-8-4-6-15(13-17)11-14-5-3-7-16(12-14)19-2/h3,5,7,12,15H,4,6,8-11,13,17H2,1-2H3. The molecule has 0 spiro atoms. The smallest absolute Gasteiger partial charge is 0.119 e. The van der Waals surface area contributed by atoms with Gasteiger partial charge in [0.25, 0.3) is 0 Å². The molecule has 4 nitrogen and oxygen atoms in total. The largest absolute Gasteiger partial charge is 0.497 e. The van der Waals surface area contributed by atoms with E-state index < -0.39 is 0 Å². The lowest BCUT2D eigenvalue weighted by atomic mass is 9.95. The van der Waals surface area contributed by atoms with Crippen molar-refractivity contribution in [3.63, 3.8) is 0 Å². The topological polar surface area (TPSA) is 53.7 Å². The van der Waals surface area contributed by atoms with E-state index in [4.69, 9.17) is 19.9 Å². The van der Waals surface area contributed by atoms with Crippen LogP contribution in [0.15, 0.2) is 24.3 Å². The molecule has 0 aliphatic carbocycles. The second-order valence-electron chi connectivity index (χ2n) is 4.90. The quantitative estimate of drug-likeness (QED) is 0.632. The van der Waals surface area contributed by atoms with Crippen molar-refractivity contribution in [2.45, 2.75) is 19.3 Å². The first-order chi connectivity index (χ1) is 9.80. The van der Waals surface area contributed by atoms with Gasteiger partial charge in [-0.25, -0.2) is 0 Å². The number of benzene rings is 1. The fourth-order valence-electron chi connectivity index (χ4n) is 2.15. The Morgan fingerprint density at radius 2 is 2.00 bits per heavy atom. The van der Waals surface area contributed by atoms with Gasteiger partial charge in [-0.2, -0.15) is 0 Å². The zero-order valence-electron chi connectivity index (χ0n) is 12.6. The normalized spacial score (nSPS) is 12.3. The zero-order chi connectivity index (χ0) is 14.6. The summed E-state index contributed by atoms with van der Waals surface area (Å²) in [5, 5.41) is 0. The third-order valence-electron chi connectivity index (χ3n) is 3.32. The molecular formula is C16H27NO3. The summed E-state index contributed by atoms with van der Waals surface area (Å²) in [7, 11) is 3.37. The van der Waals surface area contributed by atoms with Gasteiger partial charge in [-0.05, 0) is 49.4 Å². The van der Waals surface area contributed by atoms with Crippen LogP contribution < -0.4 is 10.5 Å². The molecule has 0 heterocycles. The van der Waals surface area contributed by atoms with E-state index in [1.807, 2.05) is 12.1 Å². The molecule has 114 valence electrons. The van der Waals surface area contributed by atoms with Gasteiger partial charge >= 0.3 is 0 Å². The summed E-state index contributed by atoms with van der Waals surface area (Å²) in [5.41, 5.74) is 7.14. The number of ether oxygens (including phenoxy) is 3. The van der Waals surface area contributed by atoms with Gasteiger partial charge in [0.15, 0.2) is 0 Å². The minimum atomic E-state index is 0.494. The maximum Gasteiger partial charge on any atom is 0.119 e. The maximum absolute atomic E-state index is 5.86. The Labute approximate surface area is 122 Å². The number of hydrogen-bond acceptors (Lipinski definition) is 4. The summed E-state index contributed by atoms with van der Waals surface area (Å²) in [6.07, 6.45) is 3.11. The first-order valence-electron chi connectivity index (χ1n) is 7.19. The lowest BCUT2D eigenvalue weighted by Crippen LogP contribution is -2.17. The van der Waals surface area contributed by atoms with Gasteiger partial charge in [0.2, 0.25) is 0 Å². The van der Waals surface area contributed by atoms with Crippen molar-refractivity contribution in [2.75, 3.05) is 40.6 Å². The monoisotopic (exact) mass is 281 g/mol. The number of methoxy groups -OCH3 is 2. The highest BCUT2D eigenvalue weighted by molar-refractivity contribution is 5.28. The predicted molar refractivity (Wildman–Crippen MR) is 81.2 cm³/mol. The van der Waals surface area contributed by atoms with Crippen molar-refractivity contribution >= 4 is 0 Å². The van der Waals surface area contributed by atoms with Crippen molar-refractivity contribution in [3.8, 4) is 5.75 Å². The highest BCUT2D eigenvalue weighted by atomic mass is 16.5. The van der Waals surface area contributed by atoms with E-state index in [2.05, 4.69) is 12.1 Å². The van der Waals surface area contributed by atoms with Gasteiger partial charge in [0, 0.05) is 13.7 Å². The molecule has 0 fully saturated rings. The molecule has 1 atom stereocenters. The molecule has 1 rings (SSSR count). The molecule has 1 aromatic carbocycles. The average molecular weight is 281 g/mol. The van der Waals surface area contributed by atoms with E-state index in [-0.39, 0.29) is 0 Å². The van der Waals surface area contributed by atoms with Crippen LogP contribution in [0.2, 0.25) is 0 Å². The predicted octanol–water partition coefficient (Wildman–Crippen LogP) is 2.26. The molecule has 0 saturated heterocycles. The van der Waals surface area contributed by atoms with Crippen molar-refractivity contribution in [3.05, 3.63) is 29.8 Å². The first-order valence-corrected chi connectivity index (χ1v) is 7.19. The molecule has 1 unspecified atom stereocenters. The van der Waals surface area contributed by atoms with E-state index in [0.717, 1.165) is 31.6 Å². The third kappa shape index (κ3) is 6.89. The van der Waals surface area contributed by atoms with Crippen LogP contribution in [0.3, 0.4) is 0 Å². The van der Waals surface area contributed by atoms with Crippen LogP contribution in [0.5, 0.6) is 5.75 Å². The Bertz CT molecular complexity index is 357. The summed E-state index contributed by atoms with van der Waals surface area (Å²) in [6, 6.07) is 8.19. The Kier molecular flexibility index (Phi) is 9.04. The fraction of sp³-hybridized carbons (Fsp3) is 0.625. The molecule has 1 aromatic rings. The Morgan fingerprint density at radius 3 is 2.70 bits per heavy atom. The zero-order valence-corrected chi connectivity index (χ0v) is 12.6. The van der Waals surface area contributed by atoms with Crippen LogP contribution in [0.25, 0.3) is 0 Å². The summed E-state index contributed by atoms with van der Waals surface area (Å²) in [4.78, 5) is 0. The van der Waals surface area contributed by atoms with Crippen molar-refractivity contribution in [1.82, 2.24) is 0 Å². The summed E-state index contributed by atoms with van der Waals surface area (Å²) >= 11 is 0. The van der Waals surface area contributed by atoms with Gasteiger partial charge in [-0.15, -0.1) is 0 Å². The number of nitrogens with two attached hydrogens (primary N) is 1. The second kappa shape index (κ2) is 10.7. The van der Waals surface area contributed by atoms with E-state index >= 15 is 0 Å². The van der Waals surface area contributed by atoms with Crippen LogP contribution in [0.4, 0.5) is 0 Å². The first kappa shape index (κ1) is 17.0. The van der Waals surface area contributed by atoms with Gasteiger partial charge in [0.1, 0.15) is 5.75 Å². The van der Waals surface area contributed by atoms with Crippen LogP contribution in [0.1, 0.15) is 18.4 Å². The summed E-state index contributed by atoms with van der Waals surface area (Å²) in [6.45, 7) is 2.80. The summed E-state index contributed by atoms with van der Waals surface area (Å²) in [5.74, 6) is 1.40. The molecular weight excluding hydrogens is 254 g/mol. The molecule has 2 N–H and O–H groups in total. The number of rotatable bonds is 11. The van der Waals surface area contributed by atoms with Crippen LogP contribution in [-0.4, -0.2) is 40.6 Å². The molecule has 0 aliphatic heterocycles. The number of hydrogen-bond donors (Lipinski definition) is 1. The van der Waals surface area contributed by atoms with Crippen LogP contribution in [-0.2, 0) is 15.9 Å². The maximum atomic E-state index is 5.86. The molecule has 0 aromatic heterocycles. The highest BCUT2D eigenvalue weighted by Crippen LogP contribution is 2.18. The highest BCUT2D eigenvalue weighted by Gasteiger charge is 2.08. The molecule has 0 bridgehead atoms. The van der Waals surface area contributed by atoms with Gasteiger partial charge < -0.3 is 19.9 Å². The molecule has 0 amide bonds. The van der Waals surface area contributed by atoms with E-state index in [9.17, 15) is 0 Å². The van der Waals surface area contributed by atoms with E-state index in [1.165, 1.54) is 5.56 Å². The Balaban J connectivity index is 2.27.